The van der Waals surface area contributed by atoms with Crippen molar-refractivity contribution in [1.29, 1.82) is 0 Å². The van der Waals surface area contributed by atoms with Gasteiger partial charge in [0.05, 0.1) is 15.8 Å². The topological polar surface area (TPSA) is 55.1 Å². The highest BCUT2D eigenvalue weighted by atomic mass is 35.5. The van der Waals surface area contributed by atoms with Gasteiger partial charge in [-0.25, -0.2) is 0 Å². The van der Waals surface area contributed by atoms with Crippen molar-refractivity contribution < 1.29 is 4.79 Å². The van der Waals surface area contributed by atoms with Gasteiger partial charge in [0.2, 0.25) is 5.91 Å². The van der Waals surface area contributed by atoms with Gasteiger partial charge >= 0.3 is 0 Å². The number of hydrogen-bond donors (Lipinski definition) is 2. The maximum absolute atomic E-state index is 11.9. The van der Waals surface area contributed by atoms with Gasteiger partial charge in [-0.15, -0.1) is 11.8 Å². The third kappa shape index (κ3) is 4.56. The number of halogens is 2. The summed E-state index contributed by atoms with van der Waals surface area (Å²) in [5, 5.41) is 3.79. The summed E-state index contributed by atoms with van der Waals surface area (Å²) in [5.74, 6) is 0.181. The predicted octanol–water partition coefficient (Wildman–Crippen LogP) is 4.61. The molecular formula is C15H14Cl2N2OS. The monoisotopic (exact) mass is 340 g/mol. The average molecular weight is 341 g/mol. The van der Waals surface area contributed by atoms with Crippen molar-refractivity contribution in [2.75, 3.05) is 16.8 Å². The van der Waals surface area contributed by atoms with E-state index in [1.54, 1.807) is 18.2 Å². The van der Waals surface area contributed by atoms with Gasteiger partial charge in [-0.1, -0.05) is 29.3 Å². The van der Waals surface area contributed by atoms with E-state index in [2.05, 4.69) is 5.32 Å². The summed E-state index contributed by atoms with van der Waals surface area (Å²) in [4.78, 5) is 12.8. The standard InChI is InChI=1S/C15H14Cl2N2OS/c1-9-2-3-10(6-14(9)18)19-15(20)8-21-11-4-5-12(16)13(17)7-11/h2-7H,8,18H2,1H3,(H,19,20). The van der Waals surface area contributed by atoms with Crippen molar-refractivity contribution in [1.82, 2.24) is 0 Å². The molecule has 1 amide bonds. The number of hydrogen-bond acceptors (Lipinski definition) is 3. The van der Waals surface area contributed by atoms with Gasteiger partial charge in [0.1, 0.15) is 0 Å². The van der Waals surface area contributed by atoms with Gasteiger partial charge < -0.3 is 11.1 Å². The smallest absolute Gasteiger partial charge is 0.234 e. The van der Waals surface area contributed by atoms with Crippen LogP contribution in [0.5, 0.6) is 0 Å². The molecule has 0 aromatic heterocycles. The van der Waals surface area contributed by atoms with Crippen LogP contribution < -0.4 is 11.1 Å². The maximum Gasteiger partial charge on any atom is 0.234 e. The molecular weight excluding hydrogens is 327 g/mol. The highest BCUT2D eigenvalue weighted by Gasteiger charge is 2.06. The van der Waals surface area contributed by atoms with Crippen LogP contribution >= 0.6 is 35.0 Å². The molecule has 3 nitrogen and oxygen atoms in total. The zero-order valence-corrected chi connectivity index (χ0v) is 13.6. The van der Waals surface area contributed by atoms with Crippen LogP contribution in [0.1, 0.15) is 5.56 Å². The van der Waals surface area contributed by atoms with Crippen LogP contribution in [0, 0.1) is 6.92 Å². The lowest BCUT2D eigenvalue weighted by molar-refractivity contribution is -0.113. The van der Waals surface area contributed by atoms with E-state index in [1.807, 2.05) is 25.1 Å². The molecule has 0 radical (unpaired) electrons. The molecule has 3 N–H and O–H groups in total. The summed E-state index contributed by atoms with van der Waals surface area (Å²) in [6.07, 6.45) is 0. The molecule has 0 fully saturated rings. The number of carbonyl (C=O) groups is 1. The van der Waals surface area contributed by atoms with Crippen LogP contribution in [0.2, 0.25) is 10.0 Å². The lowest BCUT2D eigenvalue weighted by Gasteiger charge is -2.08. The van der Waals surface area contributed by atoms with Crippen molar-refractivity contribution >= 4 is 52.2 Å². The van der Waals surface area contributed by atoms with E-state index in [0.717, 1.165) is 10.5 Å². The number of benzene rings is 2. The molecule has 2 rings (SSSR count). The van der Waals surface area contributed by atoms with Crippen LogP contribution in [0.15, 0.2) is 41.3 Å². The quantitative estimate of drug-likeness (QED) is 0.630. The minimum absolute atomic E-state index is 0.102. The number of amides is 1. The minimum Gasteiger partial charge on any atom is -0.398 e. The SMILES string of the molecule is Cc1ccc(NC(=O)CSc2ccc(Cl)c(Cl)c2)cc1N. The number of nitrogens with one attached hydrogen (secondary N) is 1. The summed E-state index contributed by atoms with van der Waals surface area (Å²) >= 11 is 13.2. The molecule has 6 heteroatoms. The Hall–Kier alpha value is -1.36. The first kappa shape index (κ1) is 16.0. The normalized spacial score (nSPS) is 10.4. The molecule has 0 atom stereocenters. The van der Waals surface area contributed by atoms with E-state index in [0.29, 0.717) is 21.4 Å². The summed E-state index contributed by atoms with van der Waals surface area (Å²) < 4.78 is 0. The Balaban J connectivity index is 1.92. The van der Waals surface area contributed by atoms with E-state index >= 15 is 0 Å². The molecule has 0 unspecified atom stereocenters. The molecule has 0 aliphatic rings. The van der Waals surface area contributed by atoms with E-state index in [1.165, 1.54) is 11.8 Å². The number of nitrogen functional groups attached to an aromatic ring is 1. The molecule has 2 aromatic carbocycles. The zero-order chi connectivity index (χ0) is 15.4. The number of carbonyl (C=O) groups excluding carboxylic acids is 1. The van der Waals surface area contributed by atoms with Gasteiger partial charge in [-0.3, -0.25) is 4.79 Å². The second kappa shape index (κ2) is 7.07. The molecule has 0 aliphatic carbocycles. The summed E-state index contributed by atoms with van der Waals surface area (Å²) in [6, 6.07) is 10.7. The van der Waals surface area contributed by atoms with E-state index in [4.69, 9.17) is 28.9 Å². The lowest BCUT2D eigenvalue weighted by Crippen LogP contribution is -2.14. The second-order valence-electron chi connectivity index (χ2n) is 4.48. The Morgan fingerprint density at radius 1 is 1.19 bits per heavy atom. The van der Waals surface area contributed by atoms with Crippen LogP contribution in [0.4, 0.5) is 11.4 Å². The maximum atomic E-state index is 11.9. The fourth-order valence-electron chi connectivity index (χ4n) is 1.63. The Kier molecular flexibility index (Phi) is 5.39. The van der Waals surface area contributed by atoms with Crippen molar-refractivity contribution in [2.45, 2.75) is 11.8 Å². The lowest BCUT2D eigenvalue weighted by atomic mass is 10.2. The largest absolute Gasteiger partial charge is 0.398 e. The van der Waals surface area contributed by atoms with Gasteiger partial charge in [0.15, 0.2) is 0 Å². The Bertz CT molecular complexity index is 677. The van der Waals surface area contributed by atoms with E-state index in [9.17, 15) is 4.79 Å². The molecule has 0 saturated heterocycles. The Morgan fingerprint density at radius 3 is 2.62 bits per heavy atom. The molecule has 0 bridgehead atoms. The number of nitrogens with two attached hydrogens (primary N) is 1. The van der Waals surface area contributed by atoms with Crippen molar-refractivity contribution in [3.63, 3.8) is 0 Å². The Morgan fingerprint density at radius 2 is 1.95 bits per heavy atom. The number of rotatable bonds is 4. The van der Waals surface area contributed by atoms with Gasteiger partial charge in [0.25, 0.3) is 0 Å². The Labute approximate surface area is 137 Å². The molecule has 0 heterocycles. The molecule has 0 spiro atoms. The van der Waals surface area contributed by atoms with E-state index < -0.39 is 0 Å². The van der Waals surface area contributed by atoms with Crippen LogP contribution in [0.25, 0.3) is 0 Å². The van der Waals surface area contributed by atoms with Gasteiger partial charge in [0, 0.05) is 16.3 Å². The number of anilines is 2. The molecule has 0 aliphatic heterocycles. The summed E-state index contributed by atoms with van der Waals surface area (Å²) in [5.41, 5.74) is 8.14. The predicted molar refractivity (Wildman–Crippen MR) is 91.4 cm³/mol. The van der Waals surface area contributed by atoms with Crippen molar-refractivity contribution in [3.8, 4) is 0 Å². The zero-order valence-electron chi connectivity index (χ0n) is 11.3. The fourth-order valence-corrected chi connectivity index (χ4v) is 2.73. The summed E-state index contributed by atoms with van der Waals surface area (Å²) in [7, 11) is 0. The van der Waals surface area contributed by atoms with Crippen molar-refractivity contribution in [3.05, 3.63) is 52.0 Å². The summed E-state index contributed by atoms with van der Waals surface area (Å²) in [6.45, 7) is 1.92. The minimum atomic E-state index is -0.102. The highest BCUT2D eigenvalue weighted by molar-refractivity contribution is 8.00. The number of thioether (sulfide) groups is 1. The first-order valence-corrected chi connectivity index (χ1v) is 7.93. The third-order valence-corrected chi connectivity index (χ3v) is 4.56. The van der Waals surface area contributed by atoms with Crippen LogP contribution in [0.3, 0.4) is 0 Å². The molecule has 2 aromatic rings. The van der Waals surface area contributed by atoms with Gasteiger partial charge in [-0.2, -0.15) is 0 Å². The average Bonchev–Trinajstić information content (AvgIpc) is 2.44. The molecule has 110 valence electrons. The third-order valence-electron chi connectivity index (χ3n) is 2.82. The molecule has 21 heavy (non-hydrogen) atoms. The van der Waals surface area contributed by atoms with Crippen molar-refractivity contribution in [2.24, 2.45) is 0 Å². The first-order chi connectivity index (χ1) is 9.95. The number of aryl methyl sites for hydroxylation is 1. The first-order valence-electron chi connectivity index (χ1n) is 6.19. The van der Waals surface area contributed by atoms with E-state index in [-0.39, 0.29) is 11.7 Å². The van der Waals surface area contributed by atoms with Gasteiger partial charge in [-0.05, 0) is 42.8 Å². The fraction of sp³-hybridized carbons (Fsp3) is 0.133. The second-order valence-corrected chi connectivity index (χ2v) is 6.35. The molecule has 0 saturated carbocycles. The highest BCUT2D eigenvalue weighted by Crippen LogP contribution is 2.28. The van der Waals surface area contributed by atoms with Crippen LogP contribution in [-0.2, 0) is 4.79 Å². The van der Waals surface area contributed by atoms with Crippen LogP contribution in [-0.4, -0.2) is 11.7 Å².